The lowest BCUT2D eigenvalue weighted by Crippen LogP contribution is -2.28. The Morgan fingerprint density at radius 2 is 2.15 bits per heavy atom. The Hall–Kier alpha value is -2.43. The number of benzene rings is 1. The van der Waals surface area contributed by atoms with Gasteiger partial charge in [-0.2, -0.15) is 0 Å². The van der Waals surface area contributed by atoms with E-state index >= 15 is 0 Å². The molecule has 1 aromatic carbocycles. The minimum Gasteiger partial charge on any atom is -0.345 e. The lowest BCUT2D eigenvalue weighted by Gasteiger charge is -2.14. The smallest absolute Gasteiger partial charge is 0.252 e. The second kappa shape index (κ2) is 4.92. The Morgan fingerprint density at radius 3 is 2.95 bits per heavy atom. The standard InChI is InChI=1S/C15H13FN2O2/c16-11-2-3-12-9(7-11)1-4-13(12)18-15(20)10-5-6-17-14(19)8-10/h2-3,5-8,13H,1,4H2,(H,17,19)(H,18,20). The van der Waals surface area contributed by atoms with Crippen LogP contribution in [-0.2, 0) is 6.42 Å². The number of nitrogens with one attached hydrogen (secondary N) is 2. The summed E-state index contributed by atoms with van der Waals surface area (Å²) in [6.45, 7) is 0. The van der Waals surface area contributed by atoms with Crippen LogP contribution >= 0.6 is 0 Å². The van der Waals surface area contributed by atoms with Crippen molar-refractivity contribution in [2.24, 2.45) is 0 Å². The highest BCUT2D eigenvalue weighted by Gasteiger charge is 2.24. The highest BCUT2D eigenvalue weighted by atomic mass is 19.1. The Morgan fingerprint density at radius 1 is 1.30 bits per heavy atom. The number of aryl methyl sites for hydroxylation is 1. The van der Waals surface area contributed by atoms with Crippen LogP contribution in [0, 0.1) is 5.82 Å². The molecule has 0 saturated heterocycles. The van der Waals surface area contributed by atoms with Gasteiger partial charge in [-0.25, -0.2) is 4.39 Å². The first-order valence-electron chi connectivity index (χ1n) is 6.41. The van der Waals surface area contributed by atoms with Crippen LogP contribution < -0.4 is 10.9 Å². The SMILES string of the molecule is O=C(NC1CCc2cc(F)ccc21)c1cc[nH]c(=O)c1. The van der Waals surface area contributed by atoms with E-state index in [9.17, 15) is 14.0 Å². The molecule has 4 nitrogen and oxygen atoms in total. The number of aromatic amines is 1. The second-order valence-electron chi connectivity index (χ2n) is 4.85. The van der Waals surface area contributed by atoms with Gasteiger partial charge >= 0.3 is 0 Å². The van der Waals surface area contributed by atoms with Crippen LogP contribution in [0.2, 0.25) is 0 Å². The summed E-state index contributed by atoms with van der Waals surface area (Å²) in [5.41, 5.74) is 1.89. The van der Waals surface area contributed by atoms with E-state index in [-0.39, 0.29) is 23.3 Å². The molecule has 2 N–H and O–H groups in total. The molecule has 1 aromatic heterocycles. The molecular formula is C15H13FN2O2. The summed E-state index contributed by atoms with van der Waals surface area (Å²) in [6.07, 6.45) is 2.93. The Balaban J connectivity index is 1.80. The lowest BCUT2D eigenvalue weighted by molar-refractivity contribution is 0.0936. The normalized spacial score (nSPS) is 16.8. The van der Waals surface area contributed by atoms with E-state index in [1.807, 2.05) is 0 Å². The number of halogens is 1. The van der Waals surface area contributed by atoms with Gasteiger partial charge in [0.25, 0.3) is 5.91 Å². The average Bonchev–Trinajstić information content (AvgIpc) is 2.81. The van der Waals surface area contributed by atoms with Gasteiger partial charge in [0.1, 0.15) is 5.82 Å². The van der Waals surface area contributed by atoms with Crippen molar-refractivity contribution >= 4 is 5.91 Å². The van der Waals surface area contributed by atoms with Gasteiger partial charge in [0.05, 0.1) is 6.04 Å². The predicted octanol–water partition coefficient (Wildman–Crippen LogP) is 1.93. The molecule has 1 atom stereocenters. The molecule has 5 heteroatoms. The zero-order valence-electron chi connectivity index (χ0n) is 10.7. The van der Waals surface area contributed by atoms with Crippen molar-refractivity contribution in [1.82, 2.24) is 10.3 Å². The zero-order chi connectivity index (χ0) is 14.1. The van der Waals surface area contributed by atoms with Gasteiger partial charge < -0.3 is 10.3 Å². The van der Waals surface area contributed by atoms with Gasteiger partial charge in [0.15, 0.2) is 0 Å². The van der Waals surface area contributed by atoms with Crippen molar-refractivity contribution in [3.8, 4) is 0 Å². The van der Waals surface area contributed by atoms with E-state index in [1.165, 1.54) is 24.4 Å². The number of pyridine rings is 1. The maximum absolute atomic E-state index is 13.1. The third-order valence-electron chi connectivity index (χ3n) is 3.53. The number of amides is 1. The topological polar surface area (TPSA) is 62.0 Å². The number of carbonyl (C=O) groups excluding carboxylic acids is 1. The van der Waals surface area contributed by atoms with Crippen molar-refractivity contribution in [2.75, 3.05) is 0 Å². The van der Waals surface area contributed by atoms with Crippen molar-refractivity contribution in [1.29, 1.82) is 0 Å². The highest BCUT2D eigenvalue weighted by Crippen LogP contribution is 2.31. The Kier molecular flexibility index (Phi) is 3.10. The number of hydrogen-bond acceptors (Lipinski definition) is 2. The maximum atomic E-state index is 13.1. The summed E-state index contributed by atoms with van der Waals surface area (Å²) < 4.78 is 13.1. The molecule has 1 unspecified atom stereocenters. The molecule has 1 heterocycles. The summed E-state index contributed by atoms with van der Waals surface area (Å²) >= 11 is 0. The molecule has 102 valence electrons. The number of rotatable bonds is 2. The van der Waals surface area contributed by atoms with Gasteiger partial charge in [-0.1, -0.05) is 6.07 Å². The largest absolute Gasteiger partial charge is 0.345 e. The average molecular weight is 272 g/mol. The maximum Gasteiger partial charge on any atom is 0.252 e. The number of carbonyl (C=O) groups is 1. The minimum absolute atomic E-state index is 0.127. The second-order valence-corrected chi connectivity index (χ2v) is 4.85. The third-order valence-corrected chi connectivity index (χ3v) is 3.53. The highest BCUT2D eigenvalue weighted by molar-refractivity contribution is 5.94. The molecule has 0 radical (unpaired) electrons. The van der Waals surface area contributed by atoms with Crippen molar-refractivity contribution in [3.05, 3.63) is 69.4 Å². The molecule has 0 bridgehead atoms. The minimum atomic E-state index is -0.313. The molecular weight excluding hydrogens is 259 g/mol. The molecule has 2 aromatic rings. The van der Waals surface area contributed by atoms with Gasteiger partial charge in [-0.3, -0.25) is 9.59 Å². The molecule has 0 spiro atoms. The number of aromatic nitrogens is 1. The summed E-state index contributed by atoms with van der Waals surface area (Å²) in [5.74, 6) is -0.552. The Labute approximate surface area is 114 Å². The molecule has 20 heavy (non-hydrogen) atoms. The fraction of sp³-hybridized carbons (Fsp3) is 0.200. The predicted molar refractivity (Wildman–Crippen MR) is 72.0 cm³/mol. The van der Waals surface area contributed by atoms with Crippen molar-refractivity contribution < 1.29 is 9.18 Å². The molecule has 0 fully saturated rings. The molecule has 1 amide bonds. The van der Waals surface area contributed by atoms with E-state index < -0.39 is 0 Å². The molecule has 0 saturated carbocycles. The first-order valence-corrected chi connectivity index (χ1v) is 6.41. The number of fused-ring (bicyclic) bond motifs is 1. The summed E-state index contributed by atoms with van der Waals surface area (Å²) in [7, 11) is 0. The fourth-order valence-corrected chi connectivity index (χ4v) is 2.56. The van der Waals surface area contributed by atoms with Crippen LogP contribution in [0.5, 0.6) is 0 Å². The van der Waals surface area contributed by atoms with E-state index in [0.29, 0.717) is 5.56 Å². The van der Waals surface area contributed by atoms with Gasteiger partial charge in [-0.05, 0) is 42.2 Å². The van der Waals surface area contributed by atoms with Gasteiger partial charge in [-0.15, -0.1) is 0 Å². The molecule has 0 aliphatic heterocycles. The van der Waals surface area contributed by atoms with Crippen LogP contribution in [-0.4, -0.2) is 10.9 Å². The van der Waals surface area contributed by atoms with Crippen LogP contribution in [0.3, 0.4) is 0 Å². The van der Waals surface area contributed by atoms with Crippen molar-refractivity contribution in [2.45, 2.75) is 18.9 Å². The monoisotopic (exact) mass is 272 g/mol. The summed E-state index contributed by atoms with van der Waals surface area (Å²) in [4.78, 5) is 25.7. The van der Waals surface area contributed by atoms with Crippen molar-refractivity contribution in [3.63, 3.8) is 0 Å². The number of hydrogen-bond donors (Lipinski definition) is 2. The van der Waals surface area contributed by atoms with E-state index in [2.05, 4.69) is 10.3 Å². The van der Waals surface area contributed by atoms with Crippen LogP contribution in [0.1, 0.15) is 33.9 Å². The van der Waals surface area contributed by atoms with Gasteiger partial charge in [0.2, 0.25) is 5.56 Å². The summed E-state index contributed by atoms with van der Waals surface area (Å²) in [6, 6.07) is 7.30. The lowest BCUT2D eigenvalue weighted by atomic mass is 10.1. The van der Waals surface area contributed by atoms with E-state index in [0.717, 1.165) is 24.0 Å². The quantitative estimate of drug-likeness (QED) is 0.877. The zero-order valence-corrected chi connectivity index (χ0v) is 10.7. The first-order chi connectivity index (χ1) is 9.63. The van der Waals surface area contributed by atoms with Gasteiger partial charge in [0, 0.05) is 17.8 Å². The Bertz CT molecular complexity index is 724. The first kappa shape index (κ1) is 12.6. The molecule has 1 aliphatic carbocycles. The fourth-order valence-electron chi connectivity index (χ4n) is 2.56. The third kappa shape index (κ3) is 2.34. The molecule has 1 aliphatic rings. The van der Waals surface area contributed by atoms with Crippen LogP contribution in [0.25, 0.3) is 0 Å². The van der Waals surface area contributed by atoms with E-state index in [4.69, 9.17) is 0 Å². The van der Waals surface area contributed by atoms with Crippen LogP contribution in [0.15, 0.2) is 41.3 Å². The summed E-state index contributed by atoms with van der Waals surface area (Å²) in [5, 5.41) is 2.88. The van der Waals surface area contributed by atoms with E-state index in [1.54, 1.807) is 12.1 Å². The molecule has 3 rings (SSSR count). The van der Waals surface area contributed by atoms with Crippen LogP contribution in [0.4, 0.5) is 4.39 Å². The number of H-pyrrole nitrogens is 1.